The Morgan fingerprint density at radius 2 is 0.812 bits per heavy atom. The minimum Gasteiger partial charge on any atom is -0.378 e. The van der Waals surface area contributed by atoms with Crippen LogP contribution in [-0.4, -0.2) is 28.2 Å². The van der Waals surface area contributed by atoms with E-state index in [1.165, 1.54) is 11.4 Å². The second kappa shape index (κ2) is 9.34. The van der Waals surface area contributed by atoms with Crippen LogP contribution in [0.1, 0.15) is 22.3 Å². The largest absolute Gasteiger partial charge is 0.378 e. The van der Waals surface area contributed by atoms with Crippen molar-refractivity contribution in [3.05, 3.63) is 107 Å². The van der Waals surface area contributed by atoms with Crippen molar-refractivity contribution in [1.82, 2.24) is 0 Å². The molecule has 0 amide bonds. The zero-order valence-electron chi connectivity index (χ0n) is 19.0. The lowest BCUT2D eigenvalue weighted by Crippen LogP contribution is -2.07. The lowest BCUT2D eigenvalue weighted by molar-refractivity contribution is 1.13. The lowest BCUT2D eigenvalue weighted by atomic mass is 9.99. The number of hydrogen-bond donors (Lipinski definition) is 0. The molecule has 0 radical (unpaired) electrons. The van der Waals surface area contributed by atoms with Gasteiger partial charge in [0.05, 0.1) is 0 Å². The molecule has 4 aromatic rings. The summed E-state index contributed by atoms with van der Waals surface area (Å²) in [5.74, 6) is 13.3. The Kier molecular flexibility index (Phi) is 6.16. The predicted molar refractivity (Wildman–Crippen MR) is 137 cm³/mol. The molecule has 0 aromatic heterocycles. The van der Waals surface area contributed by atoms with Gasteiger partial charge in [0.1, 0.15) is 0 Å². The summed E-state index contributed by atoms with van der Waals surface area (Å²) in [5.41, 5.74) is 6.37. The molecule has 0 bridgehead atoms. The smallest absolute Gasteiger partial charge is 0.0361 e. The standard InChI is InChI=1S/C30H26N2/c1-31(2)27-19-11-23(12-20-27)9-15-25-17-18-26(30-8-6-5-7-29(25)30)16-10-24-13-21-28(22-14-24)32(3)4/h5-8,11-14,17-22H,1-4H3. The molecule has 156 valence electrons. The Morgan fingerprint density at radius 1 is 0.438 bits per heavy atom. The van der Waals surface area contributed by atoms with Gasteiger partial charge in [-0.05, 0) is 71.4 Å². The van der Waals surface area contributed by atoms with Crippen molar-refractivity contribution >= 4 is 22.1 Å². The number of anilines is 2. The summed E-state index contributed by atoms with van der Waals surface area (Å²) in [5, 5.41) is 2.25. The maximum absolute atomic E-state index is 3.35. The van der Waals surface area contributed by atoms with E-state index in [0.717, 1.165) is 33.0 Å². The minimum absolute atomic E-state index is 1.00. The Labute approximate surface area is 191 Å². The molecule has 32 heavy (non-hydrogen) atoms. The first-order valence-electron chi connectivity index (χ1n) is 10.6. The van der Waals surface area contributed by atoms with Crippen LogP contribution in [0.2, 0.25) is 0 Å². The third-order valence-electron chi connectivity index (χ3n) is 5.37. The first kappa shape index (κ1) is 21.1. The highest BCUT2D eigenvalue weighted by atomic mass is 15.1. The summed E-state index contributed by atoms with van der Waals surface area (Å²) >= 11 is 0. The van der Waals surface area contributed by atoms with Gasteiger partial charge in [-0.1, -0.05) is 47.9 Å². The average Bonchev–Trinajstić information content (AvgIpc) is 2.82. The third-order valence-corrected chi connectivity index (χ3v) is 5.37. The van der Waals surface area contributed by atoms with Gasteiger partial charge in [-0.3, -0.25) is 0 Å². The van der Waals surface area contributed by atoms with Crippen LogP contribution in [0.4, 0.5) is 11.4 Å². The molecule has 0 aliphatic rings. The third kappa shape index (κ3) is 4.77. The Balaban J connectivity index is 1.66. The van der Waals surface area contributed by atoms with E-state index in [0.29, 0.717) is 0 Å². The summed E-state index contributed by atoms with van der Waals surface area (Å²) < 4.78 is 0. The van der Waals surface area contributed by atoms with Crippen molar-refractivity contribution in [3.63, 3.8) is 0 Å². The Bertz CT molecular complexity index is 1250. The van der Waals surface area contributed by atoms with E-state index in [1.807, 2.05) is 28.2 Å². The fraction of sp³-hybridized carbons (Fsp3) is 0.133. The minimum atomic E-state index is 1.00. The maximum Gasteiger partial charge on any atom is 0.0361 e. The van der Waals surface area contributed by atoms with Crippen LogP contribution in [0, 0.1) is 23.7 Å². The molecule has 2 nitrogen and oxygen atoms in total. The van der Waals surface area contributed by atoms with Crippen LogP contribution in [0.25, 0.3) is 10.8 Å². The van der Waals surface area contributed by atoms with E-state index in [1.54, 1.807) is 0 Å². The van der Waals surface area contributed by atoms with Crippen molar-refractivity contribution in [2.75, 3.05) is 38.0 Å². The predicted octanol–water partition coefficient (Wildman–Crippen LogP) is 5.77. The van der Waals surface area contributed by atoms with Crippen LogP contribution >= 0.6 is 0 Å². The van der Waals surface area contributed by atoms with E-state index in [4.69, 9.17) is 0 Å². The summed E-state index contributed by atoms with van der Waals surface area (Å²) in [6, 6.07) is 29.1. The highest BCUT2D eigenvalue weighted by Crippen LogP contribution is 2.22. The van der Waals surface area contributed by atoms with Gasteiger partial charge in [0.25, 0.3) is 0 Å². The lowest BCUT2D eigenvalue weighted by Gasteiger charge is -2.11. The van der Waals surface area contributed by atoms with E-state index >= 15 is 0 Å². The molecule has 0 unspecified atom stereocenters. The highest BCUT2D eigenvalue weighted by molar-refractivity contribution is 5.93. The zero-order chi connectivity index (χ0) is 22.5. The van der Waals surface area contributed by atoms with Crippen molar-refractivity contribution in [3.8, 4) is 23.7 Å². The van der Waals surface area contributed by atoms with Crippen LogP contribution < -0.4 is 9.80 Å². The van der Waals surface area contributed by atoms with Gasteiger partial charge in [0.15, 0.2) is 0 Å². The molecule has 4 aromatic carbocycles. The molecule has 0 atom stereocenters. The molecule has 0 heterocycles. The molecule has 0 aliphatic heterocycles. The maximum atomic E-state index is 3.35. The van der Waals surface area contributed by atoms with Crippen molar-refractivity contribution < 1.29 is 0 Å². The fourth-order valence-electron chi connectivity index (χ4n) is 3.48. The monoisotopic (exact) mass is 414 g/mol. The van der Waals surface area contributed by atoms with Gasteiger partial charge in [-0.15, -0.1) is 0 Å². The summed E-state index contributed by atoms with van der Waals surface area (Å²) in [7, 11) is 8.15. The molecule has 0 spiro atoms. The van der Waals surface area contributed by atoms with Crippen molar-refractivity contribution in [2.24, 2.45) is 0 Å². The molecular weight excluding hydrogens is 388 g/mol. The zero-order valence-corrected chi connectivity index (χ0v) is 19.0. The van der Waals surface area contributed by atoms with Crippen LogP contribution in [0.15, 0.2) is 84.9 Å². The normalized spacial score (nSPS) is 10.0. The van der Waals surface area contributed by atoms with Crippen molar-refractivity contribution in [1.29, 1.82) is 0 Å². The summed E-state index contributed by atoms with van der Waals surface area (Å²) in [6.45, 7) is 0. The van der Waals surface area contributed by atoms with E-state index in [-0.39, 0.29) is 0 Å². The fourth-order valence-corrected chi connectivity index (χ4v) is 3.48. The van der Waals surface area contributed by atoms with Gasteiger partial charge in [-0.2, -0.15) is 0 Å². The SMILES string of the molecule is CN(C)c1ccc(C#Cc2ccc(C#Cc3ccc(N(C)C)cc3)c3ccccc23)cc1. The second-order valence-electron chi connectivity index (χ2n) is 8.09. The molecule has 0 aliphatic carbocycles. The molecule has 4 rings (SSSR count). The van der Waals surface area contributed by atoms with Crippen molar-refractivity contribution in [2.45, 2.75) is 0 Å². The molecule has 0 fully saturated rings. The molecule has 0 saturated carbocycles. The van der Waals surface area contributed by atoms with E-state index in [9.17, 15) is 0 Å². The van der Waals surface area contributed by atoms with Gasteiger partial charge in [-0.25, -0.2) is 0 Å². The van der Waals surface area contributed by atoms with E-state index in [2.05, 4.69) is 118 Å². The number of fused-ring (bicyclic) bond motifs is 1. The highest BCUT2D eigenvalue weighted by Gasteiger charge is 2.03. The topological polar surface area (TPSA) is 6.48 Å². The van der Waals surface area contributed by atoms with Gasteiger partial charge in [0, 0.05) is 61.8 Å². The number of benzene rings is 4. The number of rotatable bonds is 2. The van der Waals surface area contributed by atoms with Crippen LogP contribution in [0.3, 0.4) is 0 Å². The molecule has 2 heteroatoms. The first-order chi connectivity index (χ1) is 15.5. The summed E-state index contributed by atoms with van der Waals surface area (Å²) in [6.07, 6.45) is 0. The summed E-state index contributed by atoms with van der Waals surface area (Å²) in [4.78, 5) is 4.17. The first-order valence-corrected chi connectivity index (χ1v) is 10.6. The quantitative estimate of drug-likeness (QED) is 0.384. The van der Waals surface area contributed by atoms with Gasteiger partial charge >= 0.3 is 0 Å². The van der Waals surface area contributed by atoms with Gasteiger partial charge < -0.3 is 9.80 Å². The van der Waals surface area contributed by atoms with E-state index < -0.39 is 0 Å². The second-order valence-corrected chi connectivity index (χ2v) is 8.09. The van der Waals surface area contributed by atoms with Gasteiger partial charge in [0.2, 0.25) is 0 Å². The average molecular weight is 415 g/mol. The number of hydrogen-bond acceptors (Lipinski definition) is 2. The molecule has 0 saturated heterocycles. The molecule has 0 N–H and O–H groups in total. The van der Waals surface area contributed by atoms with Crippen LogP contribution in [-0.2, 0) is 0 Å². The Morgan fingerprint density at radius 3 is 1.16 bits per heavy atom. The number of nitrogens with zero attached hydrogens (tertiary/aromatic N) is 2. The Hall–Kier alpha value is -4.14. The van der Waals surface area contributed by atoms with Crippen LogP contribution in [0.5, 0.6) is 0 Å². The molecular formula is C30H26N2.